The Morgan fingerprint density at radius 3 is 2.79 bits per heavy atom. The molecule has 0 bridgehead atoms. The van der Waals surface area contributed by atoms with E-state index >= 15 is 0 Å². The summed E-state index contributed by atoms with van der Waals surface area (Å²) >= 11 is 0. The zero-order valence-corrected chi connectivity index (χ0v) is 12.1. The lowest BCUT2D eigenvalue weighted by Crippen LogP contribution is -2.30. The minimum absolute atomic E-state index is 0.0705. The highest BCUT2D eigenvalue weighted by molar-refractivity contribution is 5.76. The highest BCUT2D eigenvalue weighted by Crippen LogP contribution is 2.18. The molecule has 0 unspecified atom stereocenters. The van der Waals surface area contributed by atoms with E-state index in [1.54, 1.807) is 0 Å². The largest absolute Gasteiger partial charge is 0.352 e. The molecule has 0 aliphatic heterocycles. The Kier molecular flexibility index (Phi) is 4.58. The van der Waals surface area contributed by atoms with E-state index in [1.807, 2.05) is 18.5 Å². The molecule has 5 nitrogen and oxygen atoms in total. The van der Waals surface area contributed by atoms with Crippen molar-refractivity contribution in [3.8, 4) is 0 Å². The molecule has 106 valence electrons. The van der Waals surface area contributed by atoms with Gasteiger partial charge in [-0.05, 0) is 39.7 Å². The third kappa shape index (κ3) is 3.80. The average molecular weight is 264 g/mol. The maximum Gasteiger partial charge on any atom is 0.241 e. The standard InChI is InChI=1S/C14H24N4O/c1-4-7-15-8-13-10(2)17-18(11(13)3)9-14(19)16-12-5-6-12/h12,15H,4-9H2,1-3H3,(H,16,19). The maximum absolute atomic E-state index is 11.8. The fraction of sp³-hybridized carbons (Fsp3) is 0.714. The van der Waals surface area contributed by atoms with E-state index in [0.717, 1.165) is 43.7 Å². The second kappa shape index (κ2) is 6.19. The summed E-state index contributed by atoms with van der Waals surface area (Å²) in [4.78, 5) is 11.8. The van der Waals surface area contributed by atoms with Crippen molar-refractivity contribution in [1.82, 2.24) is 20.4 Å². The summed E-state index contributed by atoms with van der Waals surface area (Å²) in [5.74, 6) is 0.0705. The summed E-state index contributed by atoms with van der Waals surface area (Å²) in [6.07, 6.45) is 3.36. The van der Waals surface area contributed by atoms with Gasteiger partial charge in [-0.15, -0.1) is 0 Å². The molecule has 1 heterocycles. The Morgan fingerprint density at radius 1 is 1.42 bits per heavy atom. The van der Waals surface area contributed by atoms with Crippen molar-refractivity contribution in [3.63, 3.8) is 0 Å². The van der Waals surface area contributed by atoms with Crippen molar-refractivity contribution in [2.24, 2.45) is 0 Å². The van der Waals surface area contributed by atoms with Crippen LogP contribution in [0.15, 0.2) is 0 Å². The van der Waals surface area contributed by atoms with Crippen molar-refractivity contribution in [2.75, 3.05) is 6.54 Å². The molecule has 2 rings (SSSR count). The lowest BCUT2D eigenvalue weighted by Gasteiger charge is -2.07. The minimum atomic E-state index is 0.0705. The summed E-state index contributed by atoms with van der Waals surface area (Å²) in [6.45, 7) is 8.36. The molecule has 19 heavy (non-hydrogen) atoms. The van der Waals surface area contributed by atoms with Crippen LogP contribution in [0.4, 0.5) is 0 Å². The van der Waals surface area contributed by atoms with Gasteiger partial charge in [-0.1, -0.05) is 6.92 Å². The van der Waals surface area contributed by atoms with Gasteiger partial charge < -0.3 is 10.6 Å². The Bertz CT molecular complexity index is 449. The third-order valence-electron chi connectivity index (χ3n) is 3.50. The minimum Gasteiger partial charge on any atom is -0.352 e. The smallest absolute Gasteiger partial charge is 0.241 e. The summed E-state index contributed by atoms with van der Waals surface area (Å²) < 4.78 is 1.82. The Balaban J connectivity index is 1.96. The molecule has 1 aromatic rings. The van der Waals surface area contributed by atoms with Crippen LogP contribution in [0, 0.1) is 13.8 Å². The van der Waals surface area contributed by atoms with Gasteiger partial charge in [0.05, 0.1) is 5.69 Å². The van der Waals surface area contributed by atoms with Gasteiger partial charge in [-0.2, -0.15) is 5.10 Å². The Hall–Kier alpha value is -1.36. The summed E-state index contributed by atoms with van der Waals surface area (Å²) in [5.41, 5.74) is 3.32. The molecule has 0 atom stereocenters. The van der Waals surface area contributed by atoms with Gasteiger partial charge in [0.15, 0.2) is 0 Å². The molecule has 0 spiro atoms. The number of carbonyl (C=O) groups is 1. The number of nitrogens with one attached hydrogen (secondary N) is 2. The molecule has 0 aromatic carbocycles. The molecule has 1 aromatic heterocycles. The SMILES string of the molecule is CCCNCc1c(C)nn(CC(=O)NC2CC2)c1C. The van der Waals surface area contributed by atoms with E-state index in [4.69, 9.17) is 0 Å². The monoisotopic (exact) mass is 264 g/mol. The number of carbonyl (C=O) groups excluding carboxylic acids is 1. The van der Waals surface area contributed by atoms with E-state index in [9.17, 15) is 4.79 Å². The number of aromatic nitrogens is 2. The van der Waals surface area contributed by atoms with Crippen molar-refractivity contribution in [2.45, 2.75) is 59.2 Å². The summed E-state index contributed by atoms with van der Waals surface area (Å²) in [6, 6.07) is 0.412. The molecule has 0 radical (unpaired) electrons. The third-order valence-corrected chi connectivity index (χ3v) is 3.50. The molecule has 1 fully saturated rings. The predicted molar refractivity (Wildman–Crippen MR) is 74.9 cm³/mol. The van der Waals surface area contributed by atoms with Gasteiger partial charge in [0.25, 0.3) is 0 Å². The first-order valence-electron chi connectivity index (χ1n) is 7.14. The van der Waals surface area contributed by atoms with Crippen LogP contribution >= 0.6 is 0 Å². The topological polar surface area (TPSA) is 59.0 Å². The number of amides is 1. The van der Waals surface area contributed by atoms with E-state index < -0.39 is 0 Å². The van der Waals surface area contributed by atoms with Crippen LogP contribution in [0.1, 0.15) is 43.1 Å². The highest BCUT2D eigenvalue weighted by Gasteiger charge is 2.23. The number of rotatable bonds is 7. The first-order chi connectivity index (χ1) is 9.11. The van der Waals surface area contributed by atoms with Gasteiger partial charge in [-0.25, -0.2) is 0 Å². The van der Waals surface area contributed by atoms with Gasteiger partial charge in [-0.3, -0.25) is 9.48 Å². The molecular formula is C14H24N4O. The second-order valence-corrected chi connectivity index (χ2v) is 5.33. The van der Waals surface area contributed by atoms with E-state index in [1.165, 1.54) is 5.56 Å². The predicted octanol–water partition coefficient (Wildman–Crippen LogP) is 1.28. The maximum atomic E-state index is 11.8. The van der Waals surface area contributed by atoms with E-state index in [-0.39, 0.29) is 5.91 Å². The van der Waals surface area contributed by atoms with Crippen LogP contribution in [-0.4, -0.2) is 28.3 Å². The van der Waals surface area contributed by atoms with Gasteiger partial charge in [0, 0.05) is 23.8 Å². The normalized spacial score (nSPS) is 14.7. The Labute approximate surface area is 114 Å². The van der Waals surface area contributed by atoms with Gasteiger partial charge in [0.2, 0.25) is 5.91 Å². The van der Waals surface area contributed by atoms with Crippen LogP contribution in [-0.2, 0) is 17.9 Å². The lowest BCUT2D eigenvalue weighted by atomic mass is 10.2. The first kappa shape index (κ1) is 14.1. The number of nitrogens with zero attached hydrogens (tertiary/aromatic N) is 2. The molecule has 1 saturated carbocycles. The summed E-state index contributed by atoms with van der Waals surface area (Å²) in [5, 5.41) is 10.9. The summed E-state index contributed by atoms with van der Waals surface area (Å²) in [7, 11) is 0. The van der Waals surface area contributed by atoms with Crippen LogP contribution in [0.3, 0.4) is 0 Å². The molecule has 1 aliphatic rings. The van der Waals surface area contributed by atoms with E-state index in [2.05, 4.69) is 22.7 Å². The molecular weight excluding hydrogens is 240 g/mol. The number of hydrogen-bond donors (Lipinski definition) is 2. The molecule has 5 heteroatoms. The fourth-order valence-electron chi connectivity index (χ4n) is 2.17. The number of aryl methyl sites for hydroxylation is 1. The van der Waals surface area contributed by atoms with Crippen LogP contribution < -0.4 is 10.6 Å². The molecule has 1 aliphatic carbocycles. The second-order valence-electron chi connectivity index (χ2n) is 5.33. The first-order valence-corrected chi connectivity index (χ1v) is 7.14. The van der Waals surface area contributed by atoms with Crippen molar-refractivity contribution in [3.05, 3.63) is 17.0 Å². The van der Waals surface area contributed by atoms with Crippen LogP contribution in [0.2, 0.25) is 0 Å². The van der Waals surface area contributed by atoms with Crippen molar-refractivity contribution in [1.29, 1.82) is 0 Å². The fourth-order valence-corrected chi connectivity index (χ4v) is 2.17. The quantitative estimate of drug-likeness (QED) is 0.729. The zero-order chi connectivity index (χ0) is 13.8. The molecule has 1 amide bonds. The van der Waals surface area contributed by atoms with Gasteiger partial charge in [0.1, 0.15) is 6.54 Å². The van der Waals surface area contributed by atoms with E-state index in [0.29, 0.717) is 12.6 Å². The zero-order valence-electron chi connectivity index (χ0n) is 12.1. The van der Waals surface area contributed by atoms with Crippen LogP contribution in [0.25, 0.3) is 0 Å². The van der Waals surface area contributed by atoms with Gasteiger partial charge >= 0.3 is 0 Å². The number of hydrogen-bond acceptors (Lipinski definition) is 3. The Morgan fingerprint density at radius 2 is 2.16 bits per heavy atom. The lowest BCUT2D eigenvalue weighted by molar-refractivity contribution is -0.122. The van der Waals surface area contributed by atoms with Crippen molar-refractivity contribution < 1.29 is 4.79 Å². The van der Waals surface area contributed by atoms with Crippen molar-refractivity contribution >= 4 is 5.91 Å². The molecule has 2 N–H and O–H groups in total. The highest BCUT2D eigenvalue weighted by atomic mass is 16.2. The molecule has 0 saturated heterocycles. The average Bonchev–Trinajstić information content (AvgIpc) is 3.12. The van der Waals surface area contributed by atoms with Crippen LogP contribution in [0.5, 0.6) is 0 Å².